The van der Waals surface area contributed by atoms with Gasteiger partial charge in [-0.05, 0) is 62.6 Å². The Morgan fingerprint density at radius 1 is 1.23 bits per heavy atom. The van der Waals surface area contributed by atoms with E-state index in [2.05, 4.69) is 36.5 Å². The van der Waals surface area contributed by atoms with E-state index in [9.17, 15) is 9.59 Å². The van der Waals surface area contributed by atoms with Crippen LogP contribution in [0, 0.1) is 0 Å². The number of fused-ring (bicyclic) bond motifs is 1. The largest absolute Gasteiger partial charge is 0.459 e. The molecule has 4 nitrogen and oxygen atoms in total. The third kappa shape index (κ3) is 4.75. The lowest BCUT2D eigenvalue weighted by molar-refractivity contribution is 0.0378. The van der Waals surface area contributed by atoms with E-state index in [1.54, 1.807) is 11.3 Å². The van der Waals surface area contributed by atoms with Crippen molar-refractivity contribution in [3.05, 3.63) is 73.8 Å². The molecule has 1 aliphatic carbocycles. The topological polar surface area (TPSA) is 55.4 Å². The molecule has 1 aliphatic rings. The first-order chi connectivity index (χ1) is 15.0. The average molecular weight is 454 g/mol. The number of thiophene rings is 2. The lowest BCUT2D eigenvalue weighted by Crippen LogP contribution is -2.18. The Balaban J connectivity index is 1.65. The Labute approximate surface area is 191 Å². The molecule has 2 heterocycles. The smallest absolute Gasteiger partial charge is 0.341 e. The van der Waals surface area contributed by atoms with E-state index < -0.39 is 0 Å². The lowest BCUT2D eigenvalue weighted by Gasteiger charge is -2.23. The lowest BCUT2D eigenvalue weighted by atomic mass is 9.83. The summed E-state index contributed by atoms with van der Waals surface area (Å²) in [6, 6.07) is 12.4. The summed E-state index contributed by atoms with van der Waals surface area (Å²) >= 11 is 3.11. The quantitative estimate of drug-likeness (QED) is 0.436. The first-order valence-electron chi connectivity index (χ1n) is 10.8. The molecule has 31 heavy (non-hydrogen) atoms. The highest BCUT2D eigenvalue weighted by molar-refractivity contribution is 7.17. The Morgan fingerprint density at radius 2 is 2.00 bits per heavy atom. The summed E-state index contributed by atoms with van der Waals surface area (Å²) in [5.74, 6) is -0.0952. The third-order valence-electron chi connectivity index (χ3n) is 5.57. The SMILES string of the molecule is CCc1cc(C(=O)Nc2sc3c(c2C(=O)OC(C)C)CC[C@H](c2ccccc2)C3)cs1. The fraction of sp³-hybridized carbons (Fsp3) is 0.360. The van der Waals surface area contributed by atoms with Crippen LogP contribution in [0.5, 0.6) is 0 Å². The van der Waals surface area contributed by atoms with Crippen LogP contribution in [-0.4, -0.2) is 18.0 Å². The number of hydrogen-bond donors (Lipinski definition) is 1. The number of hydrogen-bond acceptors (Lipinski definition) is 5. The number of rotatable bonds is 6. The highest BCUT2D eigenvalue weighted by atomic mass is 32.1. The number of esters is 1. The predicted molar refractivity (Wildman–Crippen MR) is 128 cm³/mol. The zero-order valence-corrected chi connectivity index (χ0v) is 19.7. The molecule has 0 fully saturated rings. The van der Waals surface area contributed by atoms with Gasteiger partial charge < -0.3 is 10.1 Å². The predicted octanol–water partition coefficient (Wildman–Crippen LogP) is 6.46. The van der Waals surface area contributed by atoms with Gasteiger partial charge in [0.25, 0.3) is 5.91 Å². The first-order valence-corrected chi connectivity index (χ1v) is 12.4. The van der Waals surface area contributed by atoms with E-state index in [0.29, 0.717) is 22.0 Å². The fourth-order valence-electron chi connectivity index (χ4n) is 4.03. The van der Waals surface area contributed by atoms with Crippen LogP contribution in [0.15, 0.2) is 41.8 Å². The Bertz CT molecular complexity index is 1080. The fourth-order valence-corrected chi connectivity index (χ4v) is 6.16. The summed E-state index contributed by atoms with van der Waals surface area (Å²) in [6.45, 7) is 5.76. The van der Waals surface area contributed by atoms with Gasteiger partial charge in [-0.25, -0.2) is 4.79 Å². The number of benzene rings is 1. The summed E-state index contributed by atoms with van der Waals surface area (Å²) in [5.41, 5.74) is 3.54. The molecule has 0 unspecified atom stereocenters. The number of aryl methyl sites for hydroxylation is 1. The van der Waals surface area contributed by atoms with Crippen LogP contribution >= 0.6 is 22.7 Å². The monoisotopic (exact) mass is 453 g/mol. The summed E-state index contributed by atoms with van der Waals surface area (Å²) in [7, 11) is 0. The van der Waals surface area contributed by atoms with Gasteiger partial charge in [0, 0.05) is 15.1 Å². The van der Waals surface area contributed by atoms with Crippen molar-refractivity contribution in [3.63, 3.8) is 0 Å². The van der Waals surface area contributed by atoms with Crippen molar-refractivity contribution in [2.45, 2.75) is 58.5 Å². The van der Waals surface area contributed by atoms with Gasteiger partial charge in [0.2, 0.25) is 0 Å². The number of nitrogens with one attached hydrogen (secondary N) is 1. The maximum Gasteiger partial charge on any atom is 0.341 e. The van der Waals surface area contributed by atoms with Gasteiger partial charge in [0.05, 0.1) is 17.2 Å². The molecule has 6 heteroatoms. The van der Waals surface area contributed by atoms with Crippen LogP contribution < -0.4 is 5.32 Å². The molecule has 1 N–H and O–H groups in total. The van der Waals surface area contributed by atoms with Crippen molar-refractivity contribution in [1.29, 1.82) is 0 Å². The average Bonchev–Trinajstić information content (AvgIpc) is 3.37. The maximum atomic E-state index is 13.0. The van der Waals surface area contributed by atoms with Gasteiger partial charge in [-0.2, -0.15) is 0 Å². The second-order valence-corrected chi connectivity index (χ2v) is 10.2. The second-order valence-electron chi connectivity index (χ2n) is 8.12. The summed E-state index contributed by atoms with van der Waals surface area (Å²) in [4.78, 5) is 28.2. The van der Waals surface area contributed by atoms with E-state index in [-0.39, 0.29) is 18.0 Å². The molecule has 0 bridgehead atoms. The van der Waals surface area contributed by atoms with Crippen molar-refractivity contribution >= 4 is 39.6 Å². The summed E-state index contributed by atoms with van der Waals surface area (Å²) in [5, 5.41) is 5.50. The van der Waals surface area contributed by atoms with Crippen LogP contribution in [0.2, 0.25) is 0 Å². The van der Waals surface area contributed by atoms with Crippen LogP contribution in [-0.2, 0) is 24.0 Å². The van der Waals surface area contributed by atoms with Gasteiger partial charge in [0.1, 0.15) is 5.00 Å². The van der Waals surface area contributed by atoms with Crippen LogP contribution in [0.3, 0.4) is 0 Å². The highest BCUT2D eigenvalue weighted by Gasteiger charge is 2.31. The molecule has 2 aromatic heterocycles. The van der Waals surface area contributed by atoms with Gasteiger partial charge in [-0.3, -0.25) is 4.79 Å². The highest BCUT2D eigenvalue weighted by Crippen LogP contribution is 2.43. The summed E-state index contributed by atoms with van der Waals surface area (Å²) < 4.78 is 5.54. The van der Waals surface area contributed by atoms with Gasteiger partial charge >= 0.3 is 5.97 Å². The molecule has 0 saturated heterocycles. The number of ether oxygens (including phenoxy) is 1. The molecule has 0 spiro atoms. The normalized spacial score (nSPS) is 15.5. The molecule has 4 rings (SSSR count). The molecule has 0 radical (unpaired) electrons. The summed E-state index contributed by atoms with van der Waals surface area (Å²) in [6.07, 6.45) is 3.35. The number of carbonyl (C=O) groups excluding carboxylic acids is 2. The van der Waals surface area contributed by atoms with E-state index in [1.165, 1.54) is 26.7 Å². The Hall–Kier alpha value is -2.44. The number of amides is 1. The van der Waals surface area contributed by atoms with Crippen molar-refractivity contribution in [2.75, 3.05) is 5.32 Å². The molecular formula is C25H27NO3S2. The minimum atomic E-state index is -0.347. The molecule has 1 amide bonds. The van der Waals surface area contributed by atoms with Crippen molar-refractivity contribution in [1.82, 2.24) is 0 Å². The molecule has 162 valence electrons. The third-order valence-corrected chi connectivity index (χ3v) is 7.83. The minimum Gasteiger partial charge on any atom is -0.459 e. The zero-order chi connectivity index (χ0) is 22.0. The van der Waals surface area contributed by atoms with Crippen LogP contribution in [0.4, 0.5) is 5.00 Å². The Morgan fingerprint density at radius 3 is 2.68 bits per heavy atom. The van der Waals surface area contributed by atoms with Crippen LogP contribution in [0.1, 0.15) is 74.7 Å². The van der Waals surface area contributed by atoms with Crippen molar-refractivity contribution in [3.8, 4) is 0 Å². The molecular weight excluding hydrogens is 426 g/mol. The number of anilines is 1. The first kappa shape index (κ1) is 21.8. The number of carbonyl (C=O) groups is 2. The Kier molecular flexibility index (Phi) is 6.58. The van der Waals surface area contributed by atoms with Crippen molar-refractivity contribution < 1.29 is 14.3 Å². The zero-order valence-electron chi connectivity index (χ0n) is 18.1. The molecule has 1 atom stereocenters. The van der Waals surface area contributed by atoms with E-state index in [0.717, 1.165) is 31.2 Å². The van der Waals surface area contributed by atoms with Gasteiger partial charge in [-0.1, -0.05) is 37.3 Å². The molecule has 0 aliphatic heterocycles. The second kappa shape index (κ2) is 9.37. The van der Waals surface area contributed by atoms with E-state index >= 15 is 0 Å². The molecule has 1 aromatic carbocycles. The van der Waals surface area contributed by atoms with E-state index in [1.807, 2.05) is 31.4 Å². The van der Waals surface area contributed by atoms with Crippen LogP contribution in [0.25, 0.3) is 0 Å². The standard InChI is InChI=1S/C25H27NO3S2/c1-4-19-12-18(14-30-19)23(27)26-24-22(25(28)29-15(2)3)20-11-10-17(13-21(20)31-24)16-8-6-5-7-9-16/h5-9,12,14-15,17H,4,10-11,13H2,1-3H3,(H,26,27)/t17-/m0/s1. The molecule has 0 saturated carbocycles. The minimum absolute atomic E-state index is 0.173. The molecule has 3 aromatic rings. The van der Waals surface area contributed by atoms with Crippen molar-refractivity contribution in [2.24, 2.45) is 0 Å². The van der Waals surface area contributed by atoms with E-state index in [4.69, 9.17) is 4.74 Å². The van der Waals surface area contributed by atoms with Gasteiger partial charge in [-0.15, -0.1) is 22.7 Å². The van der Waals surface area contributed by atoms with Gasteiger partial charge in [0.15, 0.2) is 0 Å². The maximum absolute atomic E-state index is 13.0.